The van der Waals surface area contributed by atoms with Crippen LogP contribution in [0.4, 0.5) is 5.95 Å². The first-order valence-corrected chi connectivity index (χ1v) is 4.07. The first-order chi connectivity index (χ1) is 6.58. The molecule has 0 fully saturated rings. The third kappa shape index (κ3) is 1.19. The largest absolute Gasteiger partial charge is 0.478 e. The molecule has 0 amide bonds. The molecule has 0 unspecified atom stereocenters. The monoisotopic (exact) mass is 191 g/mol. The standard InChI is InChI=1S/C9H9N3O2/c1-4-2-5(8(13)14)7-6(3-4)11-9(10)12-7/h2-3H,1H3,(H,13,14)(H3,10,11,12). The second kappa shape index (κ2) is 2.73. The maximum atomic E-state index is 10.9. The second-order valence-corrected chi connectivity index (χ2v) is 3.14. The molecule has 72 valence electrons. The lowest BCUT2D eigenvalue weighted by Crippen LogP contribution is -1.98. The van der Waals surface area contributed by atoms with E-state index in [0.29, 0.717) is 11.0 Å². The summed E-state index contributed by atoms with van der Waals surface area (Å²) in [6, 6.07) is 3.38. The van der Waals surface area contributed by atoms with Gasteiger partial charge in [0, 0.05) is 0 Å². The number of carbonyl (C=O) groups is 1. The number of nitrogen functional groups attached to an aromatic ring is 1. The number of carboxylic acid groups (broad SMARTS) is 1. The average molecular weight is 191 g/mol. The minimum Gasteiger partial charge on any atom is -0.478 e. The van der Waals surface area contributed by atoms with E-state index in [9.17, 15) is 4.79 Å². The molecule has 2 aromatic rings. The van der Waals surface area contributed by atoms with Crippen LogP contribution in [0.5, 0.6) is 0 Å². The number of H-pyrrole nitrogens is 1. The molecule has 0 aliphatic carbocycles. The molecule has 0 bridgehead atoms. The van der Waals surface area contributed by atoms with Crippen LogP contribution in [0, 0.1) is 6.92 Å². The highest BCUT2D eigenvalue weighted by Crippen LogP contribution is 2.19. The minimum absolute atomic E-state index is 0.174. The molecule has 0 atom stereocenters. The molecular weight excluding hydrogens is 182 g/mol. The van der Waals surface area contributed by atoms with Gasteiger partial charge in [-0.25, -0.2) is 9.78 Å². The lowest BCUT2D eigenvalue weighted by Gasteiger charge is -1.97. The van der Waals surface area contributed by atoms with Crippen molar-refractivity contribution >= 4 is 23.0 Å². The highest BCUT2D eigenvalue weighted by molar-refractivity contribution is 6.01. The Morgan fingerprint density at radius 3 is 2.93 bits per heavy atom. The number of anilines is 1. The Balaban J connectivity index is 2.85. The summed E-state index contributed by atoms with van der Waals surface area (Å²) in [5.74, 6) is -0.765. The van der Waals surface area contributed by atoms with Crippen molar-refractivity contribution in [1.82, 2.24) is 9.97 Å². The molecule has 4 N–H and O–H groups in total. The van der Waals surface area contributed by atoms with E-state index >= 15 is 0 Å². The van der Waals surface area contributed by atoms with Crippen LogP contribution in [0.3, 0.4) is 0 Å². The van der Waals surface area contributed by atoms with Crippen molar-refractivity contribution in [2.45, 2.75) is 6.92 Å². The van der Waals surface area contributed by atoms with E-state index in [0.717, 1.165) is 5.56 Å². The third-order valence-corrected chi connectivity index (χ3v) is 1.98. The minimum atomic E-state index is -0.995. The van der Waals surface area contributed by atoms with E-state index in [2.05, 4.69) is 9.97 Å². The topological polar surface area (TPSA) is 92.0 Å². The zero-order chi connectivity index (χ0) is 10.3. The number of aromatic carboxylic acids is 1. The molecule has 0 radical (unpaired) electrons. The van der Waals surface area contributed by atoms with Gasteiger partial charge in [-0.2, -0.15) is 0 Å². The number of carboxylic acids is 1. The number of fused-ring (bicyclic) bond motifs is 1. The van der Waals surface area contributed by atoms with Crippen molar-refractivity contribution in [2.75, 3.05) is 5.73 Å². The number of rotatable bonds is 1. The van der Waals surface area contributed by atoms with Gasteiger partial charge in [-0.3, -0.25) is 0 Å². The number of nitrogens with one attached hydrogen (secondary N) is 1. The predicted octanol–water partition coefficient (Wildman–Crippen LogP) is 1.15. The van der Waals surface area contributed by atoms with Crippen molar-refractivity contribution in [3.63, 3.8) is 0 Å². The second-order valence-electron chi connectivity index (χ2n) is 3.14. The number of aromatic amines is 1. The molecule has 0 saturated heterocycles. The van der Waals surface area contributed by atoms with Crippen molar-refractivity contribution in [3.05, 3.63) is 23.3 Å². The summed E-state index contributed by atoms with van der Waals surface area (Å²) < 4.78 is 0. The van der Waals surface area contributed by atoms with Crippen LogP contribution in [0.25, 0.3) is 11.0 Å². The van der Waals surface area contributed by atoms with Gasteiger partial charge in [0.15, 0.2) is 5.95 Å². The molecule has 5 heteroatoms. The lowest BCUT2D eigenvalue weighted by molar-refractivity contribution is 0.0699. The Labute approximate surface area is 79.6 Å². The molecular formula is C9H9N3O2. The number of aryl methyl sites for hydroxylation is 1. The van der Waals surface area contributed by atoms with Crippen molar-refractivity contribution in [2.24, 2.45) is 0 Å². The van der Waals surface area contributed by atoms with E-state index in [1.165, 1.54) is 0 Å². The molecule has 0 aliphatic rings. The summed E-state index contributed by atoms with van der Waals surface area (Å²) in [6.45, 7) is 1.82. The van der Waals surface area contributed by atoms with Crippen LogP contribution < -0.4 is 5.73 Å². The summed E-state index contributed by atoms with van der Waals surface area (Å²) in [4.78, 5) is 17.6. The molecule has 1 aromatic heterocycles. The Morgan fingerprint density at radius 2 is 2.29 bits per heavy atom. The molecule has 0 spiro atoms. The van der Waals surface area contributed by atoms with Crippen LogP contribution in [-0.4, -0.2) is 21.0 Å². The van der Waals surface area contributed by atoms with E-state index in [4.69, 9.17) is 10.8 Å². The van der Waals surface area contributed by atoms with Gasteiger partial charge in [0.05, 0.1) is 11.1 Å². The molecule has 1 aromatic carbocycles. The van der Waals surface area contributed by atoms with E-state index < -0.39 is 5.97 Å². The number of nitrogens with zero attached hydrogens (tertiary/aromatic N) is 1. The van der Waals surface area contributed by atoms with Crippen LogP contribution in [0.2, 0.25) is 0 Å². The zero-order valence-electron chi connectivity index (χ0n) is 7.53. The SMILES string of the molecule is Cc1cc(C(=O)O)c2nc(N)[nH]c2c1. The number of hydrogen-bond acceptors (Lipinski definition) is 3. The molecule has 0 aliphatic heterocycles. The summed E-state index contributed by atoms with van der Waals surface area (Å²) in [6.07, 6.45) is 0. The Bertz CT molecular complexity index is 516. The maximum Gasteiger partial charge on any atom is 0.337 e. The summed E-state index contributed by atoms with van der Waals surface area (Å²) in [5, 5.41) is 8.92. The maximum absolute atomic E-state index is 10.9. The third-order valence-electron chi connectivity index (χ3n) is 1.98. The van der Waals surface area contributed by atoms with Gasteiger partial charge in [0.1, 0.15) is 5.52 Å². The first-order valence-electron chi connectivity index (χ1n) is 4.07. The molecule has 14 heavy (non-hydrogen) atoms. The van der Waals surface area contributed by atoms with Gasteiger partial charge in [-0.15, -0.1) is 0 Å². The Morgan fingerprint density at radius 1 is 1.57 bits per heavy atom. The van der Waals surface area contributed by atoms with Crippen LogP contribution >= 0.6 is 0 Å². The normalized spacial score (nSPS) is 10.6. The quantitative estimate of drug-likeness (QED) is 0.630. The summed E-state index contributed by atoms with van der Waals surface area (Å²) in [7, 11) is 0. The van der Waals surface area contributed by atoms with Crippen molar-refractivity contribution in [1.29, 1.82) is 0 Å². The van der Waals surface area contributed by atoms with Gasteiger partial charge in [-0.05, 0) is 24.6 Å². The van der Waals surface area contributed by atoms with E-state index in [1.807, 2.05) is 13.0 Å². The highest BCUT2D eigenvalue weighted by Gasteiger charge is 2.12. The molecule has 5 nitrogen and oxygen atoms in total. The Kier molecular flexibility index (Phi) is 1.67. The van der Waals surface area contributed by atoms with E-state index in [1.54, 1.807) is 6.07 Å². The number of nitrogens with two attached hydrogens (primary N) is 1. The molecule has 1 heterocycles. The van der Waals surface area contributed by atoms with E-state index in [-0.39, 0.29) is 11.5 Å². The van der Waals surface area contributed by atoms with Gasteiger partial charge >= 0.3 is 5.97 Å². The van der Waals surface area contributed by atoms with Gasteiger partial charge < -0.3 is 15.8 Å². The fraction of sp³-hybridized carbons (Fsp3) is 0.111. The first kappa shape index (κ1) is 8.55. The van der Waals surface area contributed by atoms with Crippen LogP contribution in [0.1, 0.15) is 15.9 Å². The van der Waals surface area contributed by atoms with Gasteiger partial charge in [-0.1, -0.05) is 0 Å². The molecule has 0 saturated carbocycles. The van der Waals surface area contributed by atoms with Gasteiger partial charge in [0.25, 0.3) is 0 Å². The van der Waals surface area contributed by atoms with Crippen molar-refractivity contribution < 1.29 is 9.90 Å². The lowest BCUT2D eigenvalue weighted by atomic mass is 10.1. The highest BCUT2D eigenvalue weighted by atomic mass is 16.4. The molecule has 2 rings (SSSR count). The average Bonchev–Trinajstić information content (AvgIpc) is 2.42. The predicted molar refractivity (Wildman–Crippen MR) is 52.2 cm³/mol. The van der Waals surface area contributed by atoms with Gasteiger partial charge in [0.2, 0.25) is 0 Å². The number of aromatic nitrogens is 2. The van der Waals surface area contributed by atoms with Crippen molar-refractivity contribution in [3.8, 4) is 0 Å². The van der Waals surface area contributed by atoms with Crippen LogP contribution in [-0.2, 0) is 0 Å². The zero-order valence-corrected chi connectivity index (χ0v) is 7.53. The smallest absolute Gasteiger partial charge is 0.337 e. The van der Waals surface area contributed by atoms with Crippen LogP contribution in [0.15, 0.2) is 12.1 Å². The number of hydrogen-bond donors (Lipinski definition) is 3. The fourth-order valence-corrected chi connectivity index (χ4v) is 1.44. The Hall–Kier alpha value is -2.04. The number of benzene rings is 1. The number of imidazole rings is 1. The summed E-state index contributed by atoms with van der Waals surface area (Å²) >= 11 is 0. The summed E-state index contributed by atoms with van der Waals surface area (Å²) in [5.41, 5.74) is 7.54. The fourth-order valence-electron chi connectivity index (χ4n) is 1.44.